The standard InChI is InChI=1S/C16H16BrN3O2S/c1-21-14-7-12(9-19-20-16(18)23)13(17)8-15(14)22-10-11-5-3-2-4-6-11/h2-9H,10H2,1H3,(H3,18,20,23). The van der Waals surface area contributed by atoms with Crippen LogP contribution in [0.4, 0.5) is 0 Å². The molecule has 2 aromatic rings. The van der Waals surface area contributed by atoms with Crippen LogP contribution in [0.25, 0.3) is 0 Å². The number of halogens is 1. The number of ether oxygens (including phenoxy) is 2. The first-order valence-electron chi connectivity index (χ1n) is 6.73. The maximum atomic E-state index is 5.84. The summed E-state index contributed by atoms with van der Waals surface area (Å²) in [6.45, 7) is 0.458. The number of hydrogen-bond acceptors (Lipinski definition) is 4. The van der Waals surface area contributed by atoms with Gasteiger partial charge in [0.05, 0.1) is 13.3 Å². The Morgan fingerprint density at radius 2 is 2.04 bits per heavy atom. The van der Waals surface area contributed by atoms with Gasteiger partial charge in [0.1, 0.15) is 6.61 Å². The monoisotopic (exact) mass is 393 g/mol. The van der Waals surface area contributed by atoms with Crippen molar-refractivity contribution in [3.63, 3.8) is 0 Å². The minimum atomic E-state index is 0.104. The van der Waals surface area contributed by atoms with E-state index in [1.54, 1.807) is 13.3 Å². The highest BCUT2D eigenvalue weighted by Gasteiger charge is 2.09. The molecule has 0 radical (unpaired) electrons. The number of hydrazone groups is 1. The SMILES string of the molecule is COc1cc(C=NNC(N)=S)c(Br)cc1OCc1ccccc1. The molecule has 0 aliphatic rings. The van der Waals surface area contributed by atoms with Gasteiger partial charge in [0.15, 0.2) is 16.6 Å². The molecule has 5 nitrogen and oxygen atoms in total. The predicted molar refractivity (Wildman–Crippen MR) is 99.0 cm³/mol. The van der Waals surface area contributed by atoms with Crippen LogP contribution >= 0.6 is 28.1 Å². The molecule has 120 valence electrons. The molecule has 0 aliphatic heterocycles. The van der Waals surface area contributed by atoms with E-state index in [0.717, 1.165) is 15.6 Å². The minimum Gasteiger partial charge on any atom is -0.493 e. The van der Waals surface area contributed by atoms with Gasteiger partial charge in [-0.25, -0.2) is 0 Å². The van der Waals surface area contributed by atoms with E-state index in [9.17, 15) is 0 Å². The molecule has 0 spiro atoms. The molecular weight excluding hydrogens is 378 g/mol. The summed E-state index contributed by atoms with van der Waals surface area (Å²) in [6, 6.07) is 13.6. The predicted octanol–water partition coefficient (Wildman–Crippen LogP) is 3.20. The Hall–Kier alpha value is -2.12. The summed E-state index contributed by atoms with van der Waals surface area (Å²) in [5, 5.41) is 4.04. The molecule has 0 aromatic heterocycles. The highest BCUT2D eigenvalue weighted by Crippen LogP contribution is 2.33. The van der Waals surface area contributed by atoms with Crippen LogP contribution in [0.15, 0.2) is 52.0 Å². The third-order valence-corrected chi connectivity index (χ3v) is 3.68. The first kappa shape index (κ1) is 17.2. The van der Waals surface area contributed by atoms with E-state index in [1.165, 1.54) is 0 Å². The van der Waals surface area contributed by atoms with Crippen molar-refractivity contribution in [2.75, 3.05) is 7.11 Å². The number of thiocarbonyl (C=S) groups is 1. The Balaban J connectivity index is 2.15. The zero-order valence-electron chi connectivity index (χ0n) is 12.5. The lowest BCUT2D eigenvalue weighted by molar-refractivity contribution is 0.284. The van der Waals surface area contributed by atoms with E-state index in [0.29, 0.717) is 18.1 Å². The normalized spacial score (nSPS) is 10.5. The van der Waals surface area contributed by atoms with Crippen molar-refractivity contribution < 1.29 is 9.47 Å². The first-order valence-corrected chi connectivity index (χ1v) is 7.93. The Kier molecular flexibility index (Phi) is 6.37. The van der Waals surface area contributed by atoms with Crippen LogP contribution in [0.2, 0.25) is 0 Å². The van der Waals surface area contributed by atoms with E-state index in [4.69, 9.17) is 27.4 Å². The number of nitrogens with two attached hydrogens (primary N) is 1. The summed E-state index contributed by atoms with van der Waals surface area (Å²) in [5.74, 6) is 1.25. The lowest BCUT2D eigenvalue weighted by Crippen LogP contribution is -2.24. The number of hydrogen-bond donors (Lipinski definition) is 2. The highest BCUT2D eigenvalue weighted by molar-refractivity contribution is 9.10. The van der Waals surface area contributed by atoms with Crippen LogP contribution < -0.4 is 20.6 Å². The molecule has 7 heteroatoms. The maximum Gasteiger partial charge on any atom is 0.184 e. The van der Waals surface area contributed by atoms with E-state index < -0.39 is 0 Å². The summed E-state index contributed by atoms with van der Waals surface area (Å²) < 4.78 is 12.0. The zero-order valence-corrected chi connectivity index (χ0v) is 14.9. The molecule has 0 amide bonds. The van der Waals surface area contributed by atoms with Crippen LogP contribution in [0.1, 0.15) is 11.1 Å². The number of methoxy groups -OCH3 is 1. The number of nitrogens with zero attached hydrogens (tertiary/aromatic N) is 1. The van der Waals surface area contributed by atoms with Gasteiger partial charge in [0, 0.05) is 10.0 Å². The average Bonchev–Trinajstić information content (AvgIpc) is 2.55. The second kappa shape index (κ2) is 8.50. The summed E-state index contributed by atoms with van der Waals surface area (Å²) in [7, 11) is 1.59. The maximum absolute atomic E-state index is 5.84. The number of benzene rings is 2. The molecule has 23 heavy (non-hydrogen) atoms. The van der Waals surface area contributed by atoms with Gasteiger partial charge >= 0.3 is 0 Å². The van der Waals surface area contributed by atoms with Gasteiger partial charge in [-0.1, -0.05) is 30.3 Å². The van der Waals surface area contributed by atoms with E-state index >= 15 is 0 Å². The minimum absolute atomic E-state index is 0.104. The molecule has 0 heterocycles. The molecule has 0 aliphatic carbocycles. The van der Waals surface area contributed by atoms with Crippen LogP contribution in [0.3, 0.4) is 0 Å². The summed E-state index contributed by atoms with van der Waals surface area (Å²) >= 11 is 8.18. The van der Waals surface area contributed by atoms with Crippen LogP contribution in [0, 0.1) is 0 Å². The van der Waals surface area contributed by atoms with E-state index in [2.05, 4.69) is 26.5 Å². The Morgan fingerprint density at radius 3 is 2.70 bits per heavy atom. The Labute approximate surface area is 148 Å². The lowest BCUT2D eigenvalue weighted by atomic mass is 10.2. The third-order valence-electron chi connectivity index (χ3n) is 2.90. The van der Waals surface area contributed by atoms with Crippen LogP contribution in [0.5, 0.6) is 11.5 Å². The fourth-order valence-electron chi connectivity index (χ4n) is 1.82. The van der Waals surface area contributed by atoms with Crippen molar-refractivity contribution in [3.8, 4) is 11.5 Å². The summed E-state index contributed by atoms with van der Waals surface area (Å²) in [4.78, 5) is 0. The highest BCUT2D eigenvalue weighted by atomic mass is 79.9. The smallest absolute Gasteiger partial charge is 0.184 e. The lowest BCUT2D eigenvalue weighted by Gasteiger charge is -2.12. The largest absolute Gasteiger partial charge is 0.493 e. The second-order valence-electron chi connectivity index (χ2n) is 4.53. The summed E-state index contributed by atoms with van der Waals surface area (Å²) in [5.41, 5.74) is 9.71. The van der Waals surface area contributed by atoms with Gasteiger partial charge in [-0.2, -0.15) is 5.10 Å². The average molecular weight is 394 g/mol. The van der Waals surface area contributed by atoms with Crippen molar-refractivity contribution >= 4 is 39.5 Å². The molecule has 3 N–H and O–H groups in total. The van der Waals surface area contributed by atoms with Crippen molar-refractivity contribution in [1.29, 1.82) is 0 Å². The third kappa shape index (κ3) is 5.22. The van der Waals surface area contributed by atoms with Crippen molar-refractivity contribution in [2.45, 2.75) is 6.61 Å². The van der Waals surface area contributed by atoms with Crippen LogP contribution in [-0.4, -0.2) is 18.4 Å². The molecule has 0 bridgehead atoms. The molecule has 0 atom stereocenters. The van der Waals surface area contributed by atoms with Crippen molar-refractivity contribution in [2.24, 2.45) is 10.8 Å². The molecule has 2 rings (SSSR count). The Bertz CT molecular complexity index is 708. The number of nitrogens with one attached hydrogen (secondary N) is 1. The van der Waals surface area contributed by atoms with Gasteiger partial charge in [-0.05, 0) is 45.8 Å². The molecule has 0 saturated carbocycles. The zero-order chi connectivity index (χ0) is 16.7. The number of rotatable bonds is 6. The Morgan fingerprint density at radius 1 is 1.30 bits per heavy atom. The topological polar surface area (TPSA) is 68.9 Å². The van der Waals surface area contributed by atoms with Crippen molar-refractivity contribution in [1.82, 2.24) is 5.43 Å². The quantitative estimate of drug-likeness (QED) is 0.448. The molecular formula is C16H16BrN3O2S. The molecule has 0 saturated heterocycles. The fraction of sp³-hybridized carbons (Fsp3) is 0.125. The van der Waals surface area contributed by atoms with Crippen molar-refractivity contribution in [3.05, 3.63) is 58.1 Å². The second-order valence-corrected chi connectivity index (χ2v) is 5.83. The van der Waals surface area contributed by atoms with Gasteiger partial charge in [0.25, 0.3) is 0 Å². The molecule has 0 fully saturated rings. The van der Waals surface area contributed by atoms with Gasteiger partial charge in [0.2, 0.25) is 0 Å². The van der Waals surface area contributed by atoms with Crippen LogP contribution in [-0.2, 0) is 6.61 Å². The van der Waals surface area contributed by atoms with Gasteiger partial charge in [-0.3, -0.25) is 5.43 Å². The summed E-state index contributed by atoms with van der Waals surface area (Å²) in [6.07, 6.45) is 1.59. The molecule has 0 unspecified atom stereocenters. The van der Waals surface area contributed by atoms with Gasteiger partial charge < -0.3 is 15.2 Å². The molecule has 2 aromatic carbocycles. The fourth-order valence-corrected chi connectivity index (χ4v) is 2.30. The van der Waals surface area contributed by atoms with Gasteiger partial charge in [-0.15, -0.1) is 0 Å². The first-order chi connectivity index (χ1) is 11.1. The van der Waals surface area contributed by atoms with E-state index in [-0.39, 0.29) is 5.11 Å². The van der Waals surface area contributed by atoms with E-state index in [1.807, 2.05) is 42.5 Å².